The first kappa shape index (κ1) is 18.4. The molecule has 0 bridgehead atoms. The van der Waals surface area contributed by atoms with E-state index in [0.29, 0.717) is 17.2 Å². The van der Waals surface area contributed by atoms with Gasteiger partial charge in [0.25, 0.3) is 5.91 Å². The van der Waals surface area contributed by atoms with E-state index in [-0.39, 0.29) is 11.5 Å². The van der Waals surface area contributed by atoms with Crippen molar-refractivity contribution in [1.29, 1.82) is 0 Å². The van der Waals surface area contributed by atoms with E-state index in [4.69, 9.17) is 4.74 Å². The Morgan fingerprint density at radius 2 is 2.00 bits per heavy atom. The molecule has 0 fully saturated rings. The lowest BCUT2D eigenvalue weighted by Crippen LogP contribution is -2.35. The molecule has 24 heavy (non-hydrogen) atoms. The van der Waals surface area contributed by atoms with Crippen molar-refractivity contribution >= 4 is 34.0 Å². The Kier molecular flexibility index (Phi) is 6.69. The van der Waals surface area contributed by atoms with Crippen molar-refractivity contribution in [1.82, 2.24) is 5.32 Å². The molecule has 2 aromatic rings. The molecule has 0 saturated carbocycles. The summed E-state index contributed by atoms with van der Waals surface area (Å²) in [6, 6.07) is 10.4. The summed E-state index contributed by atoms with van der Waals surface area (Å²) in [5.41, 5.74) is 0.232. The molecule has 1 heterocycles. The smallest absolute Gasteiger partial charge is 0.340 e. The van der Waals surface area contributed by atoms with Gasteiger partial charge in [0.1, 0.15) is 0 Å². The van der Waals surface area contributed by atoms with Crippen LogP contribution in [0.1, 0.15) is 29.1 Å². The van der Waals surface area contributed by atoms with Crippen LogP contribution in [0.15, 0.2) is 46.7 Å². The lowest BCUT2D eigenvalue weighted by Gasteiger charge is -2.14. The molecular formula is C17H19NO4S2. The minimum atomic E-state index is -1.27. The fraction of sp³-hybridized carbons (Fsp3) is 0.294. The summed E-state index contributed by atoms with van der Waals surface area (Å²) in [7, 11) is -1.27. The molecule has 7 heteroatoms. The van der Waals surface area contributed by atoms with E-state index < -0.39 is 22.9 Å². The summed E-state index contributed by atoms with van der Waals surface area (Å²) in [6.45, 7) is 3.69. The number of amides is 1. The summed E-state index contributed by atoms with van der Waals surface area (Å²) in [5.74, 6) is -0.613. The highest BCUT2D eigenvalue weighted by Gasteiger charge is 2.22. The average molecular weight is 365 g/mol. The van der Waals surface area contributed by atoms with Gasteiger partial charge in [-0.25, -0.2) is 4.79 Å². The maximum atomic E-state index is 12.3. The number of carbonyl (C=O) groups excluding carboxylic acids is 2. The Morgan fingerprint density at radius 1 is 1.25 bits per heavy atom. The molecule has 0 aliphatic rings. The number of hydrogen-bond donors (Lipinski definition) is 1. The highest BCUT2D eigenvalue weighted by Crippen LogP contribution is 2.16. The summed E-state index contributed by atoms with van der Waals surface area (Å²) < 4.78 is 17.2. The standard InChI is InChI=1S/C17H19NO4S2/c1-3-24(21)15-9-5-4-8-14(15)17(20)22-12(2)16(19)18-11-13-7-6-10-23-13/h4-10,12H,3,11H2,1-2H3,(H,18,19). The molecule has 0 aliphatic heterocycles. The molecule has 1 aromatic carbocycles. The SMILES string of the molecule is CCS(=O)c1ccccc1C(=O)OC(C)C(=O)NCc1cccs1. The molecule has 1 amide bonds. The molecule has 2 atom stereocenters. The number of benzene rings is 1. The molecule has 0 radical (unpaired) electrons. The maximum Gasteiger partial charge on any atom is 0.340 e. The topological polar surface area (TPSA) is 72.5 Å². The van der Waals surface area contributed by atoms with Crippen LogP contribution >= 0.6 is 11.3 Å². The van der Waals surface area contributed by atoms with Gasteiger partial charge in [-0.05, 0) is 30.5 Å². The first-order valence-corrected chi connectivity index (χ1v) is 9.71. The van der Waals surface area contributed by atoms with Crippen molar-refractivity contribution < 1.29 is 18.5 Å². The Bertz CT molecular complexity index is 728. The number of thiophene rings is 1. The monoisotopic (exact) mass is 365 g/mol. The van der Waals surface area contributed by atoms with Crippen molar-refractivity contribution in [3.05, 3.63) is 52.2 Å². The second kappa shape index (κ2) is 8.75. The second-order valence-electron chi connectivity index (χ2n) is 4.98. The van der Waals surface area contributed by atoms with Crippen molar-refractivity contribution in [2.24, 2.45) is 0 Å². The lowest BCUT2D eigenvalue weighted by atomic mass is 10.2. The Hall–Kier alpha value is -1.99. The van der Waals surface area contributed by atoms with E-state index in [1.807, 2.05) is 17.5 Å². The number of ether oxygens (including phenoxy) is 1. The van der Waals surface area contributed by atoms with Gasteiger partial charge in [-0.2, -0.15) is 0 Å². The third-order valence-corrected chi connectivity index (χ3v) is 5.53. The fourth-order valence-electron chi connectivity index (χ4n) is 2.00. The third kappa shape index (κ3) is 4.75. The van der Waals surface area contributed by atoms with Crippen molar-refractivity contribution in [2.75, 3.05) is 5.75 Å². The van der Waals surface area contributed by atoms with Crippen LogP contribution in [-0.4, -0.2) is 27.9 Å². The second-order valence-corrected chi connectivity index (χ2v) is 7.72. The fourth-order valence-corrected chi connectivity index (χ4v) is 3.58. The van der Waals surface area contributed by atoms with Crippen LogP contribution in [-0.2, 0) is 26.9 Å². The van der Waals surface area contributed by atoms with E-state index in [1.54, 1.807) is 31.2 Å². The molecule has 2 unspecified atom stereocenters. The van der Waals surface area contributed by atoms with Crippen molar-refractivity contribution in [3.63, 3.8) is 0 Å². The van der Waals surface area contributed by atoms with Crippen LogP contribution < -0.4 is 5.32 Å². The molecule has 5 nitrogen and oxygen atoms in total. The Labute approximate surface area is 147 Å². The molecule has 2 rings (SSSR count). The predicted molar refractivity (Wildman–Crippen MR) is 94.4 cm³/mol. The van der Waals surface area contributed by atoms with Crippen LogP contribution in [0.3, 0.4) is 0 Å². The first-order valence-electron chi connectivity index (χ1n) is 7.51. The zero-order valence-electron chi connectivity index (χ0n) is 13.5. The quantitative estimate of drug-likeness (QED) is 0.766. The molecular weight excluding hydrogens is 346 g/mol. The molecule has 1 aromatic heterocycles. The lowest BCUT2D eigenvalue weighted by molar-refractivity contribution is -0.129. The van der Waals surface area contributed by atoms with Gasteiger partial charge in [-0.1, -0.05) is 25.1 Å². The highest BCUT2D eigenvalue weighted by atomic mass is 32.2. The van der Waals surface area contributed by atoms with Gasteiger partial charge in [-0.15, -0.1) is 11.3 Å². The van der Waals surface area contributed by atoms with Gasteiger partial charge in [0.05, 0.1) is 27.8 Å². The van der Waals surface area contributed by atoms with E-state index >= 15 is 0 Å². The van der Waals surface area contributed by atoms with E-state index in [9.17, 15) is 13.8 Å². The van der Waals surface area contributed by atoms with Crippen LogP contribution in [0.4, 0.5) is 0 Å². The van der Waals surface area contributed by atoms with Crippen LogP contribution in [0.25, 0.3) is 0 Å². The molecule has 0 saturated heterocycles. The molecule has 1 N–H and O–H groups in total. The van der Waals surface area contributed by atoms with Crippen LogP contribution in [0.5, 0.6) is 0 Å². The Balaban J connectivity index is 1.98. The van der Waals surface area contributed by atoms with Crippen molar-refractivity contribution in [3.8, 4) is 0 Å². The van der Waals surface area contributed by atoms with Gasteiger partial charge in [0, 0.05) is 10.6 Å². The Morgan fingerprint density at radius 3 is 2.67 bits per heavy atom. The summed E-state index contributed by atoms with van der Waals surface area (Å²) in [5, 5.41) is 4.65. The normalized spacial score (nSPS) is 13.1. The summed E-state index contributed by atoms with van der Waals surface area (Å²) in [4.78, 5) is 25.8. The highest BCUT2D eigenvalue weighted by molar-refractivity contribution is 7.85. The van der Waals surface area contributed by atoms with E-state index in [1.165, 1.54) is 18.3 Å². The van der Waals surface area contributed by atoms with Gasteiger partial charge < -0.3 is 10.1 Å². The van der Waals surface area contributed by atoms with Gasteiger partial charge in [0.2, 0.25) is 0 Å². The molecule has 0 aliphatic carbocycles. The molecule has 128 valence electrons. The van der Waals surface area contributed by atoms with Gasteiger partial charge >= 0.3 is 5.97 Å². The third-order valence-electron chi connectivity index (χ3n) is 3.28. The largest absolute Gasteiger partial charge is 0.449 e. The zero-order chi connectivity index (χ0) is 17.5. The zero-order valence-corrected chi connectivity index (χ0v) is 15.1. The minimum Gasteiger partial charge on any atom is -0.449 e. The predicted octanol–water partition coefficient (Wildman–Crippen LogP) is 2.74. The van der Waals surface area contributed by atoms with Crippen molar-refractivity contribution in [2.45, 2.75) is 31.4 Å². The number of carbonyl (C=O) groups is 2. The first-order chi connectivity index (χ1) is 11.5. The summed E-state index contributed by atoms with van der Waals surface area (Å²) >= 11 is 1.54. The number of hydrogen-bond acceptors (Lipinski definition) is 5. The van der Waals surface area contributed by atoms with E-state index in [2.05, 4.69) is 5.32 Å². The summed E-state index contributed by atoms with van der Waals surface area (Å²) in [6.07, 6.45) is -0.930. The van der Waals surface area contributed by atoms with Gasteiger partial charge in [0.15, 0.2) is 6.10 Å². The number of nitrogens with one attached hydrogen (secondary N) is 1. The number of esters is 1. The van der Waals surface area contributed by atoms with E-state index in [0.717, 1.165) is 4.88 Å². The number of rotatable bonds is 7. The maximum absolute atomic E-state index is 12.3. The minimum absolute atomic E-state index is 0.232. The molecule has 0 spiro atoms. The van der Waals surface area contributed by atoms with Gasteiger partial charge in [-0.3, -0.25) is 9.00 Å². The van der Waals surface area contributed by atoms with Crippen LogP contribution in [0, 0.1) is 0 Å². The average Bonchev–Trinajstić information content (AvgIpc) is 3.12. The van der Waals surface area contributed by atoms with Crippen LogP contribution in [0.2, 0.25) is 0 Å².